The van der Waals surface area contributed by atoms with Gasteiger partial charge in [0.25, 0.3) is 0 Å². The molecule has 1 aliphatic carbocycles. The van der Waals surface area contributed by atoms with Crippen molar-refractivity contribution in [1.29, 1.82) is 0 Å². The first-order chi connectivity index (χ1) is 8.43. The largest absolute Gasteiger partial charge is 0.389 e. The predicted octanol–water partition coefficient (Wildman–Crippen LogP) is 0.666. The van der Waals surface area contributed by atoms with E-state index in [1.54, 1.807) is 14.1 Å². The molecular weight excluding hydrogens is 232 g/mol. The Morgan fingerprint density at radius 1 is 1.22 bits per heavy atom. The maximum Gasteiger partial charge on any atom is 0.223 e. The molecule has 0 aliphatic heterocycles. The van der Waals surface area contributed by atoms with Crippen molar-refractivity contribution >= 4 is 11.8 Å². The van der Waals surface area contributed by atoms with Gasteiger partial charge in [-0.15, -0.1) is 0 Å². The number of hydrogen-bond acceptors (Lipinski definition) is 3. The fraction of sp³-hybridized carbons (Fsp3) is 0.846. The van der Waals surface area contributed by atoms with E-state index < -0.39 is 5.60 Å². The minimum absolute atomic E-state index is 0.00771. The molecular formula is C13H24N2O3. The second-order valence-electron chi connectivity index (χ2n) is 5.35. The quantitative estimate of drug-likeness (QED) is 0.759. The number of hydrogen-bond donors (Lipinski definition) is 2. The van der Waals surface area contributed by atoms with E-state index in [1.807, 2.05) is 0 Å². The molecule has 1 fully saturated rings. The third-order valence-electron chi connectivity index (χ3n) is 3.43. The SMILES string of the molecule is CN(C)C(=O)CCNC(=O)CC1(O)CCCCC1. The van der Waals surface area contributed by atoms with Crippen LogP contribution in [0, 0.1) is 0 Å². The Hall–Kier alpha value is -1.10. The van der Waals surface area contributed by atoms with Crippen molar-refractivity contribution < 1.29 is 14.7 Å². The van der Waals surface area contributed by atoms with Gasteiger partial charge in [-0.1, -0.05) is 19.3 Å². The molecule has 1 aliphatic rings. The summed E-state index contributed by atoms with van der Waals surface area (Å²) in [5, 5.41) is 12.9. The molecule has 18 heavy (non-hydrogen) atoms. The average Bonchev–Trinajstić information content (AvgIpc) is 2.28. The summed E-state index contributed by atoms with van der Waals surface area (Å²) in [6.07, 6.45) is 4.99. The summed E-state index contributed by atoms with van der Waals surface area (Å²) in [5.41, 5.74) is -0.826. The summed E-state index contributed by atoms with van der Waals surface area (Å²) in [4.78, 5) is 24.5. The van der Waals surface area contributed by atoms with E-state index in [2.05, 4.69) is 5.32 Å². The van der Waals surface area contributed by atoms with E-state index >= 15 is 0 Å². The molecule has 1 saturated carbocycles. The molecule has 0 spiro atoms. The average molecular weight is 256 g/mol. The Morgan fingerprint density at radius 2 is 1.83 bits per heavy atom. The first-order valence-electron chi connectivity index (χ1n) is 6.62. The Bertz CT molecular complexity index is 297. The highest BCUT2D eigenvalue weighted by Gasteiger charge is 2.31. The molecule has 2 amide bonds. The molecule has 0 heterocycles. The second-order valence-corrected chi connectivity index (χ2v) is 5.35. The molecule has 1 rings (SSSR count). The molecule has 0 saturated heterocycles. The van der Waals surface area contributed by atoms with Gasteiger partial charge in [0.1, 0.15) is 0 Å². The first kappa shape index (κ1) is 15.0. The lowest BCUT2D eigenvalue weighted by Gasteiger charge is -2.31. The molecule has 5 nitrogen and oxygen atoms in total. The van der Waals surface area contributed by atoms with Gasteiger partial charge in [0.2, 0.25) is 11.8 Å². The van der Waals surface area contributed by atoms with E-state index in [-0.39, 0.29) is 18.2 Å². The van der Waals surface area contributed by atoms with Crippen LogP contribution >= 0.6 is 0 Å². The monoisotopic (exact) mass is 256 g/mol. The number of nitrogens with one attached hydrogen (secondary N) is 1. The standard InChI is InChI=1S/C13H24N2O3/c1-15(2)12(17)6-9-14-11(16)10-13(18)7-4-3-5-8-13/h18H,3-10H2,1-2H3,(H,14,16). The molecule has 0 bridgehead atoms. The zero-order valence-electron chi connectivity index (χ0n) is 11.4. The van der Waals surface area contributed by atoms with E-state index in [0.717, 1.165) is 19.3 Å². The van der Waals surface area contributed by atoms with Crippen molar-refractivity contribution in [3.63, 3.8) is 0 Å². The molecule has 104 valence electrons. The molecule has 0 aromatic carbocycles. The molecule has 0 atom stereocenters. The van der Waals surface area contributed by atoms with Crippen LogP contribution < -0.4 is 5.32 Å². The Morgan fingerprint density at radius 3 is 2.39 bits per heavy atom. The Labute approximate surface area is 109 Å². The van der Waals surface area contributed by atoms with Crippen molar-refractivity contribution in [2.24, 2.45) is 0 Å². The van der Waals surface area contributed by atoms with Crippen molar-refractivity contribution in [2.75, 3.05) is 20.6 Å². The first-order valence-corrected chi connectivity index (χ1v) is 6.62. The fourth-order valence-electron chi connectivity index (χ4n) is 2.28. The van der Waals surface area contributed by atoms with Crippen molar-refractivity contribution in [3.8, 4) is 0 Å². The van der Waals surface area contributed by atoms with Gasteiger partial charge in [-0.3, -0.25) is 9.59 Å². The normalized spacial score (nSPS) is 18.2. The smallest absolute Gasteiger partial charge is 0.223 e. The summed E-state index contributed by atoms with van der Waals surface area (Å²) in [6, 6.07) is 0. The van der Waals surface area contributed by atoms with Crippen LogP contribution in [0.25, 0.3) is 0 Å². The lowest BCUT2D eigenvalue weighted by Crippen LogP contribution is -2.39. The van der Waals surface area contributed by atoms with Crippen molar-refractivity contribution in [2.45, 2.75) is 50.5 Å². The molecule has 0 radical (unpaired) electrons. The van der Waals surface area contributed by atoms with Gasteiger partial charge in [0.05, 0.1) is 12.0 Å². The van der Waals surface area contributed by atoms with Gasteiger partial charge in [-0.25, -0.2) is 0 Å². The number of amides is 2. The van der Waals surface area contributed by atoms with Gasteiger partial charge in [-0.05, 0) is 12.8 Å². The van der Waals surface area contributed by atoms with Gasteiger partial charge < -0.3 is 15.3 Å². The Kier molecular flexibility index (Phi) is 5.59. The van der Waals surface area contributed by atoms with Gasteiger partial charge >= 0.3 is 0 Å². The van der Waals surface area contributed by atoms with Crippen LogP contribution in [-0.2, 0) is 9.59 Å². The number of carbonyl (C=O) groups is 2. The van der Waals surface area contributed by atoms with E-state index in [4.69, 9.17) is 0 Å². The predicted molar refractivity (Wildman–Crippen MR) is 69.0 cm³/mol. The van der Waals surface area contributed by atoms with E-state index in [1.165, 1.54) is 4.90 Å². The minimum Gasteiger partial charge on any atom is -0.389 e. The number of rotatable bonds is 5. The summed E-state index contributed by atoms with van der Waals surface area (Å²) >= 11 is 0. The highest BCUT2D eigenvalue weighted by molar-refractivity contribution is 5.79. The Balaban J connectivity index is 2.23. The third-order valence-corrected chi connectivity index (χ3v) is 3.43. The van der Waals surface area contributed by atoms with Crippen molar-refractivity contribution in [3.05, 3.63) is 0 Å². The summed E-state index contributed by atoms with van der Waals surface area (Å²) < 4.78 is 0. The maximum absolute atomic E-state index is 11.7. The molecule has 0 aromatic rings. The lowest BCUT2D eigenvalue weighted by molar-refractivity contribution is -0.129. The topological polar surface area (TPSA) is 69.6 Å². The number of carbonyl (C=O) groups excluding carboxylic acids is 2. The van der Waals surface area contributed by atoms with Crippen LogP contribution in [0.3, 0.4) is 0 Å². The highest BCUT2D eigenvalue weighted by Crippen LogP contribution is 2.30. The zero-order chi connectivity index (χ0) is 13.6. The van der Waals surface area contributed by atoms with E-state index in [9.17, 15) is 14.7 Å². The molecule has 0 aromatic heterocycles. The summed E-state index contributed by atoms with van der Waals surface area (Å²) in [5.74, 6) is -0.169. The van der Waals surface area contributed by atoms with Gasteiger partial charge in [0.15, 0.2) is 0 Å². The van der Waals surface area contributed by atoms with Crippen LogP contribution in [0.5, 0.6) is 0 Å². The minimum atomic E-state index is -0.826. The van der Waals surface area contributed by atoms with Gasteiger partial charge in [-0.2, -0.15) is 0 Å². The zero-order valence-corrected chi connectivity index (χ0v) is 11.4. The maximum atomic E-state index is 11.7. The van der Waals surface area contributed by atoms with Crippen LogP contribution in [0.2, 0.25) is 0 Å². The second kappa shape index (κ2) is 6.73. The summed E-state index contributed by atoms with van der Waals surface area (Å²) in [7, 11) is 3.38. The third kappa shape index (κ3) is 5.04. The van der Waals surface area contributed by atoms with E-state index in [0.29, 0.717) is 25.8 Å². The van der Waals surface area contributed by atoms with Crippen molar-refractivity contribution in [1.82, 2.24) is 10.2 Å². The van der Waals surface area contributed by atoms with Crippen LogP contribution in [0.15, 0.2) is 0 Å². The highest BCUT2D eigenvalue weighted by atomic mass is 16.3. The van der Waals surface area contributed by atoms with Gasteiger partial charge in [0, 0.05) is 27.1 Å². The number of nitrogens with zero attached hydrogens (tertiary/aromatic N) is 1. The molecule has 0 unspecified atom stereocenters. The fourth-order valence-corrected chi connectivity index (χ4v) is 2.28. The van der Waals surface area contributed by atoms with Crippen LogP contribution in [0.1, 0.15) is 44.9 Å². The van der Waals surface area contributed by atoms with Crippen LogP contribution in [-0.4, -0.2) is 48.1 Å². The lowest BCUT2D eigenvalue weighted by atomic mass is 9.82. The summed E-state index contributed by atoms with van der Waals surface area (Å²) in [6.45, 7) is 0.339. The molecule has 2 N–H and O–H groups in total. The van der Waals surface area contributed by atoms with Crippen LogP contribution in [0.4, 0.5) is 0 Å². The number of aliphatic hydroxyl groups is 1. The molecule has 5 heteroatoms.